The van der Waals surface area contributed by atoms with Crippen LogP contribution in [0, 0.1) is 5.82 Å². The van der Waals surface area contributed by atoms with E-state index in [0.29, 0.717) is 11.3 Å². The summed E-state index contributed by atoms with van der Waals surface area (Å²) < 4.78 is 28.0. The summed E-state index contributed by atoms with van der Waals surface area (Å²) >= 11 is 3.41. The van der Waals surface area contributed by atoms with Crippen molar-refractivity contribution in [1.82, 2.24) is 10.6 Å². The van der Waals surface area contributed by atoms with E-state index in [2.05, 4.69) is 31.9 Å². The summed E-state index contributed by atoms with van der Waals surface area (Å²) in [7, 11) is 0. The molecule has 2 atom stereocenters. The highest BCUT2D eigenvalue weighted by atomic mass is 79.9. The van der Waals surface area contributed by atoms with Gasteiger partial charge in [-0.05, 0) is 46.4 Å². The van der Waals surface area contributed by atoms with E-state index in [1.807, 2.05) is 48.0 Å². The standard InChI is InChI=1S/C31H30BrFN4O5/c1-3-15-37-18-22(16-23(32)19-37)29(38)34-17-28(25-12-6-7-13-26(25)33)42-30(39)35-20(2)41-31(40)36-27-14-8-10-21-9-4-5-11-24(21)27/h4-14,16,18-20,28H,3,15,17H2,1-2H3,(H2-,34,35,36,38,39,40)/p+1. The quantitative estimate of drug-likeness (QED) is 0.141. The highest BCUT2D eigenvalue weighted by molar-refractivity contribution is 9.10. The van der Waals surface area contributed by atoms with Gasteiger partial charge in [-0.15, -0.1) is 0 Å². The number of halogens is 2. The number of aryl methyl sites for hydroxylation is 1. The number of alkyl carbamates (subject to hydrolysis) is 1. The van der Waals surface area contributed by atoms with E-state index in [1.165, 1.54) is 25.1 Å². The van der Waals surface area contributed by atoms with Crippen LogP contribution >= 0.6 is 15.9 Å². The summed E-state index contributed by atoms with van der Waals surface area (Å²) in [4.78, 5) is 38.2. The number of hydrogen-bond acceptors (Lipinski definition) is 5. The minimum Gasteiger partial charge on any atom is -0.439 e. The lowest BCUT2D eigenvalue weighted by atomic mass is 10.1. The van der Waals surface area contributed by atoms with Gasteiger partial charge in [-0.25, -0.2) is 18.5 Å². The first-order valence-electron chi connectivity index (χ1n) is 13.4. The molecule has 0 saturated heterocycles. The molecular formula is C31H31BrFN4O5+. The van der Waals surface area contributed by atoms with Gasteiger partial charge in [-0.3, -0.25) is 15.4 Å². The third kappa shape index (κ3) is 8.26. The van der Waals surface area contributed by atoms with Gasteiger partial charge in [0, 0.05) is 17.4 Å². The monoisotopic (exact) mass is 637 g/mol. The van der Waals surface area contributed by atoms with Gasteiger partial charge in [0.1, 0.15) is 24.0 Å². The normalized spacial score (nSPS) is 12.2. The van der Waals surface area contributed by atoms with E-state index in [-0.39, 0.29) is 12.1 Å². The SMILES string of the molecule is CCC[n+]1cc(Br)cc(C(=O)NCC(OC(=O)NC(C)OC(=O)Nc2cccc3ccccc23)c2ccccc2F)c1. The number of pyridine rings is 1. The van der Waals surface area contributed by atoms with Gasteiger partial charge >= 0.3 is 12.2 Å². The topological polar surface area (TPSA) is 110 Å². The van der Waals surface area contributed by atoms with Crippen molar-refractivity contribution in [2.45, 2.75) is 39.1 Å². The molecule has 0 aliphatic heterocycles. The fourth-order valence-electron chi connectivity index (χ4n) is 4.34. The van der Waals surface area contributed by atoms with Crippen molar-refractivity contribution in [2.24, 2.45) is 0 Å². The molecule has 1 aromatic heterocycles. The average Bonchev–Trinajstić information content (AvgIpc) is 2.95. The number of benzene rings is 3. The largest absolute Gasteiger partial charge is 0.439 e. The van der Waals surface area contributed by atoms with Crippen LogP contribution in [-0.2, 0) is 16.0 Å². The number of nitrogens with one attached hydrogen (secondary N) is 3. The number of amides is 3. The fraction of sp³-hybridized carbons (Fsp3) is 0.226. The zero-order valence-corrected chi connectivity index (χ0v) is 24.7. The Morgan fingerprint density at radius 1 is 0.952 bits per heavy atom. The van der Waals surface area contributed by atoms with Crippen LogP contribution in [0.1, 0.15) is 42.3 Å². The maximum absolute atomic E-state index is 14.7. The van der Waals surface area contributed by atoms with Gasteiger partial charge in [0.15, 0.2) is 18.6 Å². The molecule has 0 bridgehead atoms. The first-order valence-corrected chi connectivity index (χ1v) is 14.2. The van der Waals surface area contributed by atoms with Crippen LogP contribution in [0.25, 0.3) is 10.8 Å². The molecule has 0 saturated carbocycles. The molecule has 0 fully saturated rings. The molecule has 3 amide bonds. The molecule has 3 N–H and O–H groups in total. The molecule has 0 aliphatic carbocycles. The molecular weight excluding hydrogens is 607 g/mol. The summed E-state index contributed by atoms with van der Waals surface area (Å²) in [5.41, 5.74) is 1.01. The van der Waals surface area contributed by atoms with Crippen molar-refractivity contribution in [2.75, 3.05) is 11.9 Å². The zero-order chi connectivity index (χ0) is 30.1. The number of rotatable bonds is 10. The second kappa shape index (κ2) is 14.4. The van der Waals surface area contributed by atoms with Crippen LogP contribution < -0.4 is 20.5 Å². The van der Waals surface area contributed by atoms with Crippen LogP contribution in [0.5, 0.6) is 0 Å². The maximum Gasteiger partial charge on any atom is 0.413 e. The number of aromatic nitrogens is 1. The Kier molecular flexibility index (Phi) is 10.4. The number of nitrogens with zero attached hydrogens (tertiary/aromatic N) is 1. The zero-order valence-electron chi connectivity index (χ0n) is 23.1. The number of anilines is 1. The van der Waals surface area contributed by atoms with E-state index in [0.717, 1.165) is 28.2 Å². The van der Waals surface area contributed by atoms with E-state index >= 15 is 0 Å². The predicted octanol–water partition coefficient (Wildman–Crippen LogP) is 6.23. The van der Waals surface area contributed by atoms with E-state index < -0.39 is 36.2 Å². The summed E-state index contributed by atoms with van der Waals surface area (Å²) in [5, 5.41) is 9.57. The second-order valence-corrected chi connectivity index (χ2v) is 10.4. The van der Waals surface area contributed by atoms with Crippen molar-refractivity contribution in [1.29, 1.82) is 0 Å². The Labute approximate surface area is 251 Å². The summed E-state index contributed by atoms with van der Waals surface area (Å²) in [6.07, 6.45) is 0.449. The second-order valence-electron chi connectivity index (χ2n) is 9.45. The van der Waals surface area contributed by atoms with Crippen LogP contribution in [-0.4, -0.2) is 30.9 Å². The number of carbonyl (C=O) groups excluding carboxylic acids is 3. The fourth-order valence-corrected chi connectivity index (χ4v) is 4.85. The van der Waals surface area contributed by atoms with Gasteiger partial charge in [0.05, 0.1) is 16.7 Å². The minimum atomic E-state index is -1.17. The smallest absolute Gasteiger partial charge is 0.413 e. The molecule has 4 rings (SSSR count). The summed E-state index contributed by atoms with van der Waals surface area (Å²) in [6.45, 7) is 3.99. The molecule has 9 nitrogen and oxygen atoms in total. The highest BCUT2D eigenvalue weighted by Crippen LogP contribution is 2.23. The Hall–Kier alpha value is -4.51. The van der Waals surface area contributed by atoms with Crippen molar-refractivity contribution < 1.29 is 32.8 Å². The highest BCUT2D eigenvalue weighted by Gasteiger charge is 2.24. The third-order valence-electron chi connectivity index (χ3n) is 6.21. The number of carbonyl (C=O) groups is 3. The molecule has 2 unspecified atom stereocenters. The lowest BCUT2D eigenvalue weighted by molar-refractivity contribution is -0.697. The lowest BCUT2D eigenvalue weighted by Crippen LogP contribution is -2.40. The van der Waals surface area contributed by atoms with E-state index in [1.54, 1.807) is 30.5 Å². The van der Waals surface area contributed by atoms with E-state index in [4.69, 9.17) is 9.47 Å². The molecule has 0 aliphatic rings. The summed E-state index contributed by atoms with van der Waals surface area (Å²) in [6, 6.07) is 20.5. The maximum atomic E-state index is 14.7. The first-order chi connectivity index (χ1) is 20.2. The Bertz CT molecular complexity index is 1580. The van der Waals surface area contributed by atoms with Crippen LogP contribution in [0.2, 0.25) is 0 Å². The minimum absolute atomic E-state index is 0.0745. The number of ether oxygens (including phenoxy) is 2. The Morgan fingerprint density at radius 2 is 1.69 bits per heavy atom. The van der Waals surface area contributed by atoms with Gasteiger partial charge in [-0.1, -0.05) is 61.5 Å². The molecule has 11 heteroatoms. The lowest BCUT2D eigenvalue weighted by Gasteiger charge is -2.21. The van der Waals surface area contributed by atoms with Crippen molar-refractivity contribution in [3.05, 3.63) is 107 Å². The molecule has 42 heavy (non-hydrogen) atoms. The predicted molar refractivity (Wildman–Crippen MR) is 159 cm³/mol. The molecule has 4 aromatic rings. The molecule has 0 radical (unpaired) electrons. The Morgan fingerprint density at radius 3 is 2.48 bits per heavy atom. The van der Waals surface area contributed by atoms with E-state index in [9.17, 15) is 18.8 Å². The molecule has 3 aromatic carbocycles. The van der Waals surface area contributed by atoms with Gasteiger partial charge in [0.2, 0.25) is 0 Å². The number of hydrogen-bond donors (Lipinski definition) is 3. The molecule has 0 spiro atoms. The number of fused-ring (bicyclic) bond motifs is 1. The third-order valence-corrected chi connectivity index (χ3v) is 6.65. The van der Waals surface area contributed by atoms with Gasteiger partial charge < -0.3 is 14.8 Å². The first kappa shape index (κ1) is 30.4. The molecule has 218 valence electrons. The van der Waals surface area contributed by atoms with Gasteiger partial charge in [-0.2, -0.15) is 0 Å². The van der Waals surface area contributed by atoms with Crippen LogP contribution in [0.3, 0.4) is 0 Å². The van der Waals surface area contributed by atoms with Crippen LogP contribution in [0.4, 0.5) is 19.7 Å². The summed E-state index contributed by atoms with van der Waals surface area (Å²) in [5.74, 6) is -1.03. The Balaban J connectivity index is 1.38. The average molecular weight is 639 g/mol. The van der Waals surface area contributed by atoms with Crippen molar-refractivity contribution >= 4 is 50.5 Å². The van der Waals surface area contributed by atoms with Crippen LogP contribution in [0.15, 0.2) is 89.7 Å². The van der Waals surface area contributed by atoms with Crippen molar-refractivity contribution in [3.63, 3.8) is 0 Å². The van der Waals surface area contributed by atoms with Crippen molar-refractivity contribution in [3.8, 4) is 0 Å². The van der Waals surface area contributed by atoms with Gasteiger partial charge in [0.25, 0.3) is 5.91 Å². The molecule has 1 heterocycles.